The standard InChI is InChI=1S/C36H25N7O10S3.3Na/c37-21-2-4-22(5-3-21)38-39-33-14-12-31(27-10-7-24(18-29(27)33)55(48,49)50)40-41-34-15-13-32(28-11-8-25(19-30(28)34)56(51,52)53)42-43-36-26-9-6-23(54(45,46)47)17-20(26)1-16-35(36)44;;;/h1-19,44H,37H2,(H,45,46,47)(H,48,49,50)(H,51,52,53);;;. The molecular formula is C36H25N7Na3O10S3. The number of hydrogen-bond donors (Lipinski definition) is 5. The Labute approximate surface area is 402 Å². The van der Waals surface area contributed by atoms with Crippen LogP contribution in [-0.4, -0.2) is 133 Å². The van der Waals surface area contributed by atoms with Gasteiger partial charge in [0.15, 0.2) is 0 Å². The van der Waals surface area contributed by atoms with Crippen molar-refractivity contribution in [2.24, 2.45) is 30.7 Å². The van der Waals surface area contributed by atoms with Crippen molar-refractivity contribution < 1.29 is 44.0 Å². The molecule has 7 aromatic carbocycles. The maximum absolute atomic E-state index is 12.1. The van der Waals surface area contributed by atoms with Crippen LogP contribution in [0.25, 0.3) is 32.3 Å². The number of nitrogens with zero attached hydrogens (tertiary/aromatic N) is 6. The van der Waals surface area contributed by atoms with Crippen molar-refractivity contribution in [3.63, 3.8) is 0 Å². The van der Waals surface area contributed by atoms with Crippen LogP contribution in [-0.2, 0) is 30.4 Å². The second-order valence-electron chi connectivity index (χ2n) is 12.1. The third-order valence-electron chi connectivity index (χ3n) is 8.41. The van der Waals surface area contributed by atoms with Crippen molar-refractivity contribution in [2.75, 3.05) is 5.73 Å². The molecule has 0 aliphatic heterocycles. The average Bonchev–Trinajstić information content (AvgIpc) is 3.15. The molecule has 0 amide bonds. The van der Waals surface area contributed by atoms with Gasteiger partial charge in [-0.2, -0.15) is 30.4 Å². The van der Waals surface area contributed by atoms with Crippen LogP contribution in [0.1, 0.15) is 0 Å². The summed E-state index contributed by atoms with van der Waals surface area (Å²) in [6.45, 7) is 0. The van der Waals surface area contributed by atoms with Crippen molar-refractivity contribution in [3.8, 4) is 5.75 Å². The zero-order valence-corrected chi connectivity index (χ0v) is 39.6. The largest absolute Gasteiger partial charge is 0.506 e. The van der Waals surface area contributed by atoms with E-state index in [4.69, 9.17) is 5.73 Å². The number of phenols is 1. The Morgan fingerprint density at radius 3 is 1.25 bits per heavy atom. The van der Waals surface area contributed by atoms with Crippen LogP contribution < -0.4 is 5.73 Å². The van der Waals surface area contributed by atoms with E-state index in [0.717, 1.165) is 18.2 Å². The molecule has 7 aromatic rings. The Balaban J connectivity index is 0.00000256. The molecule has 0 fully saturated rings. The topological polar surface area (TPSA) is 284 Å². The van der Waals surface area contributed by atoms with Crippen LogP contribution in [0, 0.1) is 0 Å². The molecule has 285 valence electrons. The zero-order chi connectivity index (χ0) is 40.0. The van der Waals surface area contributed by atoms with Gasteiger partial charge in [0.2, 0.25) is 0 Å². The van der Waals surface area contributed by atoms with E-state index in [9.17, 15) is 44.0 Å². The summed E-state index contributed by atoms with van der Waals surface area (Å²) < 4.78 is 101. The van der Waals surface area contributed by atoms with Gasteiger partial charge >= 0.3 is 0 Å². The van der Waals surface area contributed by atoms with E-state index in [1.54, 1.807) is 30.3 Å². The Hall–Kier alpha value is -3.55. The van der Waals surface area contributed by atoms with Gasteiger partial charge in [-0.3, -0.25) is 13.7 Å². The van der Waals surface area contributed by atoms with Gasteiger partial charge in [-0.05, 0) is 96.4 Å². The monoisotopic (exact) mass is 880 g/mol. The molecule has 6 N–H and O–H groups in total. The van der Waals surface area contributed by atoms with Crippen LogP contribution in [0.15, 0.2) is 161 Å². The number of phenolic OH excluding ortho intramolecular Hbond substituents is 1. The second-order valence-corrected chi connectivity index (χ2v) is 16.3. The fourth-order valence-corrected chi connectivity index (χ4v) is 7.20. The van der Waals surface area contributed by atoms with Crippen LogP contribution in [0.4, 0.5) is 39.8 Å². The van der Waals surface area contributed by atoms with Gasteiger partial charge < -0.3 is 10.8 Å². The van der Waals surface area contributed by atoms with Gasteiger partial charge in [0.25, 0.3) is 30.4 Å². The quantitative estimate of drug-likeness (QED) is 0.0398. The predicted molar refractivity (Wildman–Crippen MR) is 224 cm³/mol. The first kappa shape index (κ1) is 48.1. The van der Waals surface area contributed by atoms with E-state index >= 15 is 0 Å². The van der Waals surface area contributed by atoms with Crippen molar-refractivity contribution >= 4 is 191 Å². The summed E-state index contributed by atoms with van der Waals surface area (Å²) >= 11 is 0. The minimum atomic E-state index is -4.68. The SMILES string of the molecule is Nc1ccc(N=Nc2ccc(N=Nc3ccc(N=Nc4c(O)ccc5cc(S(=O)(=O)O)ccc45)c4ccc(S(=O)(=O)O)cc34)c3ccc(S(=O)(=O)O)cc23)cc1.[Na].[Na].[Na]. The summed E-state index contributed by atoms with van der Waals surface area (Å²) in [5.41, 5.74) is 7.43. The first-order valence-corrected chi connectivity index (χ1v) is 20.2. The molecule has 0 atom stereocenters. The zero-order valence-electron chi connectivity index (χ0n) is 31.2. The van der Waals surface area contributed by atoms with Gasteiger partial charge in [0.05, 0.1) is 43.1 Å². The number of hydrogen-bond acceptors (Lipinski definition) is 14. The van der Waals surface area contributed by atoms with Crippen LogP contribution in [0.3, 0.4) is 0 Å². The third kappa shape index (κ3) is 10.9. The molecule has 17 nitrogen and oxygen atoms in total. The van der Waals surface area contributed by atoms with E-state index in [1.165, 1.54) is 66.7 Å². The molecule has 0 aliphatic rings. The molecule has 0 spiro atoms. The number of rotatable bonds is 9. The molecule has 0 saturated heterocycles. The number of fused-ring (bicyclic) bond motifs is 3. The molecule has 0 aromatic heterocycles. The van der Waals surface area contributed by atoms with Gasteiger partial charge in [-0.15, -0.1) is 25.6 Å². The Morgan fingerprint density at radius 1 is 0.407 bits per heavy atom. The fourth-order valence-electron chi connectivity index (χ4n) is 5.67. The average molecular weight is 881 g/mol. The van der Waals surface area contributed by atoms with Crippen molar-refractivity contribution in [1.82, 2.24) is 0 Å². The maximum atomic E-state index is 12.1. The number of anilines is 1. The number of azo groups is 3. The molecule has 59 heavy (non-hydrogen) atoms. The molecule has 0 heterocycles. The Morgan fingerprint density at radius 2 is 0.797 bits per heavy atom. The van der Waals surface area contributed by atoms with Crippen molar-refractivity contribution in [1.29, 1.82) is 0 Å². The van der Waals surface area contributed by atoms with Crippen LogP contribution >= 0.6 is 0 Å². The summed E-state index contributed by atoms with van der Waals surface area (Å²) in [7, 11) is -13.8. The summed E-state index contributed by atoms with van der Waals surface area (Å²) in [6, 6.07) is 26.3. The first-order chi connectivity index (χ1) is 26.5. The van der Waals surface area contributed by atoms with E-state index in [1.807, 2.05) is 0 Å². The van der Waals surface area contributed by atoms with Gasteiger partial charge in [-0.25, -0.2) is 0 Å². The normalized spacial score (nSPS) is 12.3. The van der Waals surface area contributed by atoms with E-state index in [2.05, 4.69) is 30.7 Å². The van der Waals surface area contributed by atoms with E-state index < -0.39 is 40.1 Å². The van der Waals surface area contributed by atoms with Gasteiger partial charge in [-0.1, -0.05) is 24.3 Å². The van der Waals surface area contributed by atoms with E-state index in [-0.39, 0.29) is 139 Å². The molecule has 3 radical (unpaired) electrons. The minimum absolute atomic E-state index is 0. The number of aromatic hydroxyl groups is 1. The Kier molecular flexibility index (Phi) is 15.5. The third-order valence-corrected chi connectivity index (χ3v) is 11.0. The second kappa shape index (κ2) is 19.0. The summed E-state index contributed by atoms with van der Waals surface area (Å²) in [5, 5.41) is 38.0. The Bertz CT molecular complexity index is 3210. The molecular weight excluding hydrogens is 856 g/mol. The van der Waals surface area contributed by atoms with Gasteiger partial charge in [0, 0.05) is 121 Å². The summed E-state index contributed by atoms with van der Waals surface area (Å²) in [4.78, 5) is -1.23. The minimum Gasteiger partial charge on any atom is -0.506 e. The van der Waals surface area contributed by atoms with Crippen molar-refractivity contribution in [3.05, 3.63) is 115 Å². The molecule has 7 rings (SSSR count). The maximum Gasteiger partial charge on any atom is 0.294 e. The number of nitrogen functional groups attached to an aromatic ring is 1. The number of benzene rings is 7. The summed E-state index contributed by atoms with van der Waals surface area (Å²) in [5.74, 6) is -0.294. The predicted octanol–water partition coefficient (Wildman–Crippen LogP) is 8.28. The van der Waals surface area contributed by atoms with Crippen molar-refractivity contribution in [2.45, 2.75) is 14.7 Å². The molecule has 0 unspecified atom stereocenters. The first-order valence-electron chi connectivity index (χ1n) is 15.9. The fraction of sp³-hybridized carbons (Fsp3) is 0. The van der Waals surface area contributed by atoms with Gasteiger partial charge in [0.1, 0.15) is 11.4 Å². The van der Waals surface area contributed by atoms with E-state index in [0.29, 0.717) is 32.9 Å². The molecule has 0 saturated carbocycles. The molecule has 23 heteroatoms. The van der Waals surface area contributed by atoms with Crippen LogP contribution in [0.2, 0.25) is 0 Å². The molecule has 0 bridgehead atoms. The summed E-state index contributed by atoms with van der Waals surface area (Å²) in [6.07, 6.45) is 0. The molecule has 0 aliphatic carbocycles. The number of nitrogens with two attached hydrogens (primary N) is 1. The smallest absolute Gasteiger partial charge is 0.294 e. The van der Waals surface area contributed by atoms with Crippen LogP contribution in [0.5, 0.6) is 5.75 Å².